The lowest BCUT2D eigenvalue weighted by molar-refractivity contribution is 0.369. The highest BCUT2D eigenvalue weighted by molar-refractivity contribution is 5.21. The van der Waals surface area contributed by atoms with Gasteiger partial charge in [-0.3, -0.25) is 4.98 Å². The molecule has 0 aliphatic carbocycles. The fourth-order valence-corrected chi connectivity index (χ4v) is 2.52. The molecule has 1 atom stereocenters. The Morgan fingerprint density at radius 2 is 1.71 bits per heavy atom. The molecule has 120 valence electrons. The van der Waals surface area contributed by atoms with Gasteiger partial charge in [0, 0.05) is 12.4 Å². The van der Waals surface area contributed by atoms with Crippen molar-refractivity contribution in [3.63, 3.8) is 0 Å². The summed E-state index contributed by atoms with van der Waals surface area (Å²) in [6.45, 7) is 5.44. The van der Waals surface area contributed by atoms with E-state index in [2.05, 4.69) is 29.1 Å². The molecule has 1 heterocycles. The van der Waals surface area contributed by atoms with Crippen LogP contribution in [0.1, 0.15) is 76.9 Å². The Morgan fingerprint density at radius 3 is 2.43 bits per heavy atom. The van der Waals surface area contributed by atoms with Crippen LogP contribution >= 0.6 is 0 Å². The van der Waals surface area contributed by atoms with Crippen molar-refractivity contribution in [2.24, 2.45) is 0 Å². The van der Waals surface area contributed by atoms with Crippen LogP contribution in [0.25, 0.3) is 0 Å². The lowest BCUT2D eigenvalue weighted by Gasteiger charge is -2.19. The summed E-state index contributed by atoms with van der Waals surface area (Å²) < 4.78 is 5.35. The van der Waals surface area contributed by atoms with Crippen LogP contribution in [0.15, 0.2) is 12.4 Å². The van der Waals surface area contributed by atoms with Crippen LogP contribution < -0.4 is 10.1 Å². The van der Waals surface area contributed by atoms with Gasteiger partial charge in [-0.25, -0.2) is 4.98 Å². The minimum absolute atomic E-state index is 0.250. The summed E-state index contributed by atoms with van der Waals surface area (Å²) in [6.07, 6.45) is 13.5. The van der Waals surface area contributed by atoms with E-state index in [0.29, 0.717) is 5.88 Å². The number of hydrogen-bond donors (Lipinski definition) is 1. The Bertz CT molecular complexity index is 371. The minimum atomic E-state index is 0.250. The van der Waals surface area contributed by atoms with Gasteiger partial charge < -0.3 is 10.1 Å². The largest absolute Gasteiger partial charge is 0.480 e. The fraction of sp³-hybridized carbons (Fsp3) is 0.765. The van der Waals surface area contributed by atoms with E-state index < -0.39 is 0 Å². The molecule has 0 fully saturated rings. The van der Waals surface area contributed by atoms with Crippen molar-refractivity contribution in [2.45, 2.75) is 71.3 Å². The van der Waals surface area contributed by atoms with Crippen molar-refractivity contribution >= 4 is 0 Å². The average molecular weight is 293 g/mol. The van der Waals surface area contributed by atoms with Crippen molar-refractivity contribution in [2.75, 3.05) is 13.7 Å². The molecule has 1 rings (SSSR count). The van der Waals surface area contributed by atoms with E-state index in [-0.39, 0.29) is 6.04 Å². The van der Waals surface area contributed by atoms with Gasteiger partial charge in [0.25, 0.3) is 0 Å². The maximum absolute atomic E-state index is 5.35. The van der Waals surface area contributed by atoms with E-state index in [1.54, 1.807) is 19.5 Å². The molecule has 0 saturated heterocycles. The molecular weight excluding hydrogens is 262 g/mol. The highest BCUT2D eigenvalue weighted by Crippen LogP contribution is 2.24. The third kappa shape index (κ3) is 6.89. The van der Waals surface area contributed by atoms with Gasteiger partial charge in [-0.05, 0) is 19.4 Å². The number of methoxy groups -OCH3 is 1. The second-order valence-electron chi connectivity index (χ2n) is 5.51. The summed E-state index contributed by atoms with van der Waals surface area (Å²) in [4.78, 5) is 8.75. The molecule has 0 aliphatic heterocycles. The Morgan fingerprint density at radius 1 is 1.00 bits per heavy atom. The summed E-state index contributed by atoms with van der Waals surface area (Å²) in [5.41, 5.74) is 0.946. The number of hydrogen-bond acceptors (Lipinski definition) is 4. The van der Waals surface area contributed by atoms with Crippen molar-refractivity contribution in [3.05, 3.63) is 18.1 Å². The standard InChI is InChI=1S/C17H31N3O/c1-4-6-7-8-9-10-11-15(18-12-5-2)16-17(21-3)20-14-13-19-16/h13-15,18H,4-12H2,1-3H3. The van der Waals surface area contributed by atoms with Crippen molar-refractivity contribution < 1.29 is 4.74 Å². The van der Waals surface area contributed by atoms with Gasteiger partial charge in [0.15, 0.2) is 0 Å². The van der Waals surface area contributed by atoms with E-state index in [1.807, 2.05) is 0 Å². The number of nitrogens with zero attached hydrogens (tertiary/aromatic N) is 2. The summed E-state index contributed by atoms with van der Waals surface area (Å²) >= 11 is 0. The first kappa shape index (κ1) is 17.9. The minimum Gasteiger partial charge on any atom is -0.480 e. The highest BCUT2D eigenvalue weighted by atomic mass is 16.5. The second-order valence-corrected chi connectivity index (χ2v) is 5.51. The third-order valence-corrected chi connectivity index (χ3v) is 3.70. The number of unbranched alkanes of at least 4 members (excludes halogenated alkanes) is 5. The molecule has 0 amide bonds. The molecule has 0 radical (unpaired) electrons. The average Bonchev–Trinajstić information content (AvgIpc) is 2.53. The smallest absolute Gasteiger partial charge is 0.236 e. The van der Waals surface area contributed by atoms with Crippen LogP contribution in [-0.2, 0) is 0 Å². The fourth-order valence-electron chi connectivity index (χ4n) is 2.52. The van der Waals surface area contributed by atoms with E-state index in [4.69, 9.17) is 4.74 Å². The van der Waals surface area contributed by atoms with Crippen LogP contribution in [0.4, 0.5) is 0 Å². The van der Waals surface area contributed by atoms with Crippen LogP contribution in [-0.4, -0.2) is 23.6 Å². The molecule has 0 saturated carbocycles. The highest BCUT2D eigenvalue weighted by Gasteiger charge is 2.17. The Kier molecular flexibility index (Phi) is 9.79. The topological polar surface area (TPSA) is 47.0 Å². The van der Waals surface area contributed by atoms with Gasteiger partial charge in [-0.2, -0.15) is 0 Å². The molecule has 4 nitrogen and oxygen atoms in total. The molecule has 21 heavy (non-hydrogen) atoms. The van der Waals surface area contributed by atoms with Crippen molar-refractivity contribution in [1.29, 1.82) is 0 Å². The maximum atomic E-state index is 5.35. The maximum Gasteiger partial charge on any atom is 0.236 e. The van der Waals surface area contributed by atoms with Gasteiger partial charge in [0.05, 0.1) is 13.2 Å². The molecule has 1 N–H and O–H groups in total. The second kappa shape index (κ2) is 11.5. The number of rotatable bonds is 12. The monoisotopic (exact) mass is 293 g/mol. The lowest BCUT2D eigenvalue weighted by Crippen LogP contribution is -2.24. The quantitative estimate of drug-likeness (QED) is 0.584. The van der Waals surface area contributed by atoms with Gasteiger partial charge in [-0.15, -0.1) is 0 Å². The molecule has 1 aromatic heterocycles. The lowest BCUT2D eigenvalue weighted by atomic mass is 10.0. The zero-order chi connectivity index (χ0) is 15.3. The summed E-state index contributed by atoms with van der Waals surface area (Å²) in [7, 11) is 1.66. The number of aromatic nitrogens is 2. The first-order valence-electron chi connectivity index (χ1n) is 8.41. The summed E-state index contributed by atoms with van der Waals surface area (Å²) in [5, 5.41) is 3.58. The molecule has 1 aromatic rings. The normalized spacial score (nSPS) is 12.3. The summed E-state index contributed by atoms with van der Waals surface area (Å²) in [5.74, 6) is 0.650. The Balaban J connectivity index is 2.51. The molecular formula is C17H31N3O. The molecule has 4 heteroatoms. The van der Waals surface area contributed by atoms with Gasteiger partial charge in [0.2, 0.25) is 5.88 Å². The Hall–Kier alpha value is -1.16. The molecule has 0 aromatic carbocycles. The van der Waals surface area contributed by atoms with Crippen LogP contribution in [0.2, 0.25) is 0 Å². The molecule has 0 aliphatic rings. The van der Waals surface area contributed by atoms with E-state index in [0.717, 1.165) is 25.1 Å². The van der Waals surface area contributed by atoms with Crippen molar-refractivity contribution in [1.82, 2.24) is 15.3 Å². The third-order valence-electron chi connectivity index (χ3n) is 3.70. The predicted octanol–water partition coefficient (Wildman–Crippen LogP) is 4.28. The molecule has 0 bridgehead atoms. The van der Waals surface area contributed by atoms with Crippen LogP contribution in [0, 0.1) is 0 Å². The van der Waals surface area contributed by atoms with E-state index in [1.165, 1.54) is 38.5 Å². The van der Waals surface area contributed by atoms with Crippen LogP contribution in [0.3, 0.4) is 0 Å². The van der Waals surface area contributed by atoms with Crippen LogP contribution in [0.5, 0.6) is 5.88 Å². The zero-order valence-electron chi connectivity index (χ0n) is 13.9. The number of ether oxygens (including phenoxy) is 1. The van der Waals surface area contributed by atoms with Gasteiger partial charge in [-0.1, -0.05) is 52.4 Å². The first-order valence-corrected chi connectivity index (χ1v) is 8.41. The summed E-state index contributed by atoms with van der Waals surface area (Å²) in [6, 6.07) is 0.250. The van der Waals surface area contributed by atoms with Gasteiger partial charge in [0.1, 0.15) is 5.69 Å². The van der Waals surface area contributed by atoms with Crippen molar-refractivity contribution in [3.8, 4) is 5.88 Å². The van der Waals surface area contributed by atoms with E-state index >= 15 is 0 Å². The first-order chi connectivity index (χ1) is 10.3. The zero-order valence-corrected chi connectivity index (χ0v) is 13.9. The van der Waals surface area contributed by atoms with E-state index in [9.17, 15) is 0 Å². The predicted molar refractivity (Wildman–Crippen MR) is 87.6 cm³/mol. The Labute approximate surface area is 129 Å². The SMILES string of the molecule is CCCCCCCCC(NCCC)c1nccnc1OC. The molecule has 0 spiro atoms. The van der Waals surface area contributed by atoms with Gasteiger partial charge >= 0.3 is 0 Å². The number of nitrogens with one attached hydrogen (secondary N) is 1. The molecule has 1 unspecified atom stereocenters.